The summed E-state index contributed by atoms with van der Waals surface area (Å²) < 4.78 is 20.9. The molecule has 1 heterocycles. The highest BCUT2D eigenvalue weighted by molar-refractivity contribution is 7.94. The van der Waals surface area contributed by atoms with Crippen LogP contribution in [0.2, 0.25) is 0 Å². The topological polar surface area (TPSA) is 46.5 Å². The fourth-order valence-electron chi connectivity index (χ4n) is 0.911. The molecule has 80 valence electrons. The third kappa shape index (κ3) is 1.78. The van der Waals surface area contributed by atoms with E-state index in [2.05, 4.69) is 4.99 Å². The summed E-state index contributed by atoms with van der Waals surface area (Å²) in [5.74, 6) is 0. The molecule has 0 saturated heterocycles. The van der Waals surface area contributed by atoms with E-state index in [1.165, 1.54) is 0 Å². The summed E-state index contributed by atoms with van der Waals surface area (Å²) >= 11 is 22.9. The first kappa shape index (κ1) is 12.6. The number of hydrogen-bond acceptors (Lipinski definition) is 3. The SMILES string of the molecule is CS(=O)(=O)C1(Cl)C(Cl)=CN=C(Cl)C1Cl. The molecule has 2 atom stereocenters. The van der Waals surface area contributed by atoms with E-state index in [0.717, 1.165) is 12.5 Å². The molecule has 2 unspecified atom stereocenters. The van der Waals surface area contributed by atoms with Crippen molar-refractivity contribution in [1.29, 1.82) is 0 Å². The molecule has 0 aromatic rings. The molecule has 0 spiro atoms. The van der Waals surface area contributed by atoms with Crippen molar-refractivity contribution in [2.24, 2.45) is 4.99 Å². The predicted molar refractivity (Wildman–Crippen MR) is 60.3 cm³/mol. The van der Waals surface area contributed by atoms with Gasteiger partial charge in [-0.1, -0.05) is 34.8 Å². The lowest BCUT2D eigenvalue weighted by Crippen LogP contribution is -2.45. The minimum absolute atomic E-state index is 0.100. The van der Waals surface area contributed by atoms with Crippen molar-refractivity contribution < 1.29 is 8.42 Å². The van der Waals surface area contributed by atoms with Gasteiger partial charge in [-0.25, -0.2) is 13.4 Å². The van der Waals surface area contributed by atoms with Crippen molar-refractivity contribution in [3.8, 4) is 0 Å². The van der Waals surface area contributed by atoms with Crippen LogP contribution in [0, 0.1) is 0 Å². The minimum Gasteiger partial charge on any atom is -0.246 e. The van der Waals surface area contributed by atoms with Gasteiger partial charge in [-0.3, -0.25) is 0 Å². The summed E-state index contributed by atoms with van der Waals surface area (Å²) in [6.45, 7) is 0. The van der Waals surface area contributed by atoms with Gasteiger partial charge in [0.25, 0.3) is 0 Å². The Kier molecular flexibility index (Phi) is 3.44. The Morgan fingerprint density at radius 2 is 2.00 bits per heavy atom. The summed E-state index contributed by atoms with van der Waals surface area (Å²) in [6.07, 6.45) is 2.01. The van der Waals surface area contributed by atoms with Gasteiger partial charge in [0.1, 0.15) is 10.5 Å². The zero-order chi connectivity index (χ0) is 11.1. The van der Waals surface area contributed by atoms with E-state index in [4.69, 9.17) is 46.4 Å². The fourth-order valence-corrected chi connectivity index (χ4v) is 3.58. The molecule has 8 heteroatoms. The third-order valence-electron chi connectivity index (χ3n) is 1.70. The highest BCUT2D eigenvalue weighted by Crippen LogP contribution is 2.43. The Hall–Kier alpha value is 0.520. The lowest BCUT2D eigenvalue weighted by Gasteiger charge is -2.30. The largest absolute Gasteiger partial charge is 0.246 e. The van der Waals surface area contributed by atoms with Gasteiger partial charge in [0, 0.05) is 12.5 Å². The molecule has 0 saturated carbocycles. The maximum Gasteiger partial charge on any atom is 0.204 e. The molecule has 0 amide bonds. The molecule has 0 N–H and O–H groups in total. The van der Waals surface area contributed by atoms with E-state index in [1.807, 2.05) is 0 Å². The van der Waals surface area contributed by atoms with Crippen LogP contribution in [0.4, 0.5) is 0 Å². The summed E-state index contributed by atoms with van der Waals surface area (Å²) in [6, 6.07) is 0. The number of rotatable bonds is 1. The van der Waals surface area contributed by atoms with Crippen LogP contribution >= 0.6 is 46.4 Å². The van der Waals surface area contributed by atoms with Gasteiger partial charge >= 0.3 is 0 Å². The second-order valence-electron chi connectivity index (χ2n) is 2.71. The van der Waals surface area contributed by atoms with Crippen LogP contribution < -0.4 is 0 Å². The molecule has 1 aliphatic heterocycles. The quantitative estimate of drug-likeness (QED) is 0.697. The van der Waals surface area contributed by atoms with Crippen LogP contribution in [-0.2, 0) is 9.84 Å². The normalized spacial score (nSPS) is 33.6. The number of sulfone groups is 1. The van der Waals surface area contributed by atoms with E-state index >= 15 is 0 Å². The van der Waals surface area contributed by atoms with Crippen molar-refractivity contribution in [1.82, 2.24) is 0 Å². The summed E-state index contributed by atoms with van der Waals surface area (Å²) in [5, 5.41) is -1.44. The molecule has 1 rings (SSSR count). The van der Waals surface area contributed by atoms with Crippen LogP contribution in [0.3, 0.4) is 0 Å². The molecular weight excluding hydrogens is 292 g/mol. The van der Waals surface area contributed by atoms with Crippen LogP contribution in [-0.4, -0.2) is 29.4 Å². The summed E-state index contributed by atoms with van der Waals surface area (Å²) in [5.41, 5.74) is 0. The smallest absolute Gasteiger partial charge is 0.204 e. The highest BCUT2D eigenvalue weighted by Gasteiger charge is 2.52. The zero-order valence-corrected chi connectivity index (χ0v) is 10.7. The lowest BCUT2D eigenvalue weighted by molar-refractivity contribution is 0.589. The second-order valence-corrected chi connectivity index (χ2v) is 6.95. The second kappa shape index (κ2) is 3.83. The van der Waals surface area contributed by atoms with Gasteiger partial charge in [0.05, 0.1) is 5.03 Å². The monoisotopic (exact) mass is 295 g/mol. The molecule has 0 fully saturated rings. The van der Waals surface area contributed by atoms with E-state index in [0.29, 0.717) is 0 Å². The van der Waals surface area contributed by atoms with Crippen LogP contribution in [0.15, 0.2) is 16.2 Å². The maximum absolute atomic E-state index is 11.4. The number of nitrogens with zero attached hydrogens (tertiary/aromatic N) is 1. The number of hydrogen-bond donors (Lipinski definition) is 0. The molecular formula is C6H5Cl4NO2S. The van der Waals surface area contributed by atoms with Gasteiger partial charge in [-0.15, -0.1) is 11.6 Å². The average molecular weight is 297 g/mol. The van der Waals surface area contributed by atoms with Gasteiger partial charge < -0.3 is 0 Å². The first-order valence-electron chi connectivity index (χ1n) is 3.33. The van der Waals surface area contributed by atoms with Gasteiger partial charge in [-0.2, -0.15) is 0 Å². The molecule has 0 radical (unpaired) electrons. The highest BCUT2D eigenvalue weighted by atomic mass is 35.5. The van der Waals surface area contributed by atoms with Crippen molar-refractivity contribution in [2.75, 3.05) is 6.26 Å². The molecule has 0 aliphatic carbocycles. The van der Waals surface area contributed by atoms with E-state index < -0.39 is 19.4 Å². The van der Waals surface area contributed by atoms with Gasteiger partial charge in [0.2, 0.25) is 4.21 Å². The molecule has 0 bridgehead atoms. The molecule has 0 aromatic heterocycles. The van der Waals surface area contributed by atoms with Crippen LogP contribution in [0.5, 0.6) is 0 Å². The molecule has 0 aromatic carbocycles. The van der Waals surface area contributed by atoms with Crippen molar-refractivity contribution in [2.45, 2.75) is 9.58 Å². The Balaban J connectivity index is 3.38. The van der Waals surface area contributed by atoms with E-state index in [-0.39, 0.29) is 10.2 Å². The minimum atomic E-state index is -3.69. The predicted octanol–water partition coefficient (Wildman–Crippen LogP) is 2.30. The van der Waals surface area contributed by atoms with E-state index in [9.17, 15) is 8.42 Å². The van der Waals surface area contributed by atoms with Crippen LogP contribution in [0.1, 0.15) is 0 Å². The standard InChI is InChI=1S/C6H5Cl4NO2S/c1-14(12,13)6(10)3(7)2-11-5(9)4(6)8/h2,4H,1H3. The van der Waals surface area contributed by atoms with Crippen molar-refractivity contribution >= 4 is 61.4 Å². The molecule has 1 aliphatic rings. The Bertz CT molecular complexity index is 416. The molecule has 14 heavy (non-hydrogen) atoms. The Morgan fingerprint density at radius 1 is 1.50 bits per heavy atom. The van der Waals surface area contributed by atoms with Gasteiger partial charge in [0.15, 0.2) is 9.84 Å². The van der Waals surface area contributed by atoms with Gasteiger partial charge in [-0.05, 0) is 0 Å². The zero-order valence-electron chi connectivity index (χ0n) is 6.84. The summed E-state index contributed by atoms with van der Waals surface area (Å²) in [4.78, 5) is 3.61. The van der Waals surface area contributed by atoms with Crippen molar-refractivity contribution in [3.63, 3.8) is 0 Å². The van der Waals surface area contributed by atoms with Crippen LogP contribution in [0.25, 0.3) is 0 Å². The van der Waals surface area contributed by atoms with Crippen molar-refractivity contribution in [3.05, 3.63) is 11.2 Å². The first-order valence-corrected chi connectivity index (χ1v) is 6.79. The number of alkyl halides is 2. The number of aliphatic imine (C=N–C) groups is 1. The fraction of sp³-hybridized carbons (Fsp3) is 0.500. The van der Waals surface area contributed by atoms with E-state index in [1.54, 1.807) is 0 Å². The third-order valence-corrected chi connectivity index (χ3v) is 6.31. The summed E-state index contributed by atoms with van der Waals surface area (Å²) in [7, 11) is -3.69. The maximum atomic E-state index is 11.4. The Labute approximate surface area is 102 Å². The number of halogens is 4. The average Bonchev–Trinajstić information content (AvgIpc) is 2.06. The Morgan fingerprint density at radius 3 is 2.36 bits per heavy atom. The molecule has 3 nitrogen and oxygen atoms in total. The lowest BCUT2D eigenvalue weighted by atomic mass is 10.2. The first-order chi connectivity index (χ1) is 6.21.